The maximum absolute atomic E-state index is 15.0. The summed E-state index contributed by atoms with van der Waals surface area (Å²) in [5.74, 6) is -7.26. The predicted octanol–water partition coefficient (Wildman–Crippen LogP) is 4.99. The van der Waals surface area contributed by atoms with E-state index in [0.717, 1.165) is 17.0 Å². The third-order valence-corrected chi connectivity index (χ3v) is 17.7. The van der Waals surface area contributed by atoms with E-state index in [9.17, 15) is 57.1 Å². The van der Waals surface area contributed by atoms with Gasteiger partial charge in [-0.15, -0.1) is 0 Å². The van der Waals surface area contributed by atoms with E-state index in [1.807, 2.05) is 41.5 Å². The third kappa shape index (κ3) is 24.3. The van der Waals surface area contributed by atoms with Crippen LogP contribution in [0.25, 0.3) is 0 Å². The number of halogens is 1. The largest absolute Gasteiger partial charge is 0.508 e. The molecule has 2 aromatic carbocycles. The van der Waals surface area contributed by atoms with Gasteiger partial charge in [-0.05, 0) is 112 Å². The first-order chi connectivity index (χ1) is 45.7. The molecule has 27 nitrogen and oxygen atoms in total. The Morgan fingerprint density at radius 1 is 0.711 bits per heavy atom. The monoisotopic (exact) mass is 1360 g/mol. The Labute approximate surface area is 569 Å². The number of hydrogen-bond donors (Lipinski definition) is 7. The summed E-state index contributed by atoms with van der Waals surface area (Å²) in [5, 5.41) is 16.5. The minimum absolute atomic E-state index is 0.0368. The van der Waals surface area contributed by atoms with Crippen LogP contribution in [0.5, 0.6) is 0 Å². The van der Waals surface area contributed by atoms with E-state index in [2.05, 4.69) is 31.9 Å². The second-order valence-electron chi connectivity index (χ2n) is 26.3. The zero-order chi connectivity index (χ0) is 72.5. The van der Waals surface area contributed by atoms with Gasteiger partial charge in [0.05, 0.1) is 55.3 Å². The number of urea groups is 1. The van der Waals surface area contributed by atoms with Gasteiger partial charge >= 0.3 is 12.2 Å². The highest BCUT2D eigenvalue weighted by atomic mass is 19.1. The number of likely N-dealkylation sites (N-methyl/N-ethyl adjacent to an activating group) is 2. The Kier molecular flexibility index (Phi) is 32.7. The fourth-order valence-electron chi connectivity index (χ4n) is 12.2. The SMILES string of the molecule is CC[C@H](C)C([C@@H](CC(=O)N1C[C@@H](OC(=O)OCc2ccc(NC(=O)C(CCCNC(N)=O)NC(=O)[C@@H](NC(=O)CCCCCN3C(=O)C=CC3=O)C(C)C)cc2)C[C@H]1[C@H](OC)[C@@H](C)C(=O)N[C@@H](C)C(=O)c1ccc(F)cc1)OC)N(C)C(=O)[C@@H](NC(=O)[C@H](C(C)C)N(C)C)C(C)C. The van der Waals surface area contributed by atoms with E-state index in [0.29, 0.717) is 36.9 Å². The van der Waals surface area contributed by atoms with Crippen molar-refractivity contribution < 1.29 is 80.9 Å². The van der Waals surface area contributed by atoms with Crippen LogP contribution in [0.15, 0.2) is 60.7 Å². The number of Topliss-reactive ketones (excluding diaryl/α,β-unsaturated/α-hetero) is 1. The number of nitrogens with zero attached hydrogens (tertiary/aromatic N) is 4. The summed E-state index contributed by atoms with van der Waals surface area (Å²) in [6.07, 6.45) is 0.394. The Morgan fingerprint density at radius 2 is 1.34 bits per heavy atom. The van der Waals surface area contributed by atoms with Crippen LogP contribution in [0.3, 0.4) is 0 Å². The Morgan fingerprint density at radius 3 is 1.90 bits per heavy atom. The fraction of sp³-hybridized carbons (Fsp3) is 0.623. The van der Waals surface area contributed by atoms with Gasteiger partial charge in [0, 0.05) is 70.6 Å². The van der Waals surface area contributed by atoms with Gasteiger partial charge in [0.2, 0.25) is 41.4 Å². The quantitative estimate of drug-likeness (QED) is 0.0201. The first kappa shape index (κ1) is 81.1. The van der Waals surface area contributed by atoms with Gasteiger partial charge in [-0.3, -0.25) is 57.7 Å². The lowest BCUT2D eigenvalue weighted by Gasteiger charge is -2.41. The highest BCUT2D eigenvalue weighted by Crippen LogP contribution is 2.32. The van der Waals surface area contributed by atoms with Crippen molar-refractivity contribution in [1.82, 2.24) is 46.2 Å². The number of imide groups is 1. The second-order valence-corrected chi connectivity index (χ2v) is 26.3. The molecule has 2 aliphatic rings. The number of benzene rings is 2. The topological polar surface area (TPSA) is 353 Å². The van der Waals surface area contributed by atoms with Gasteiger partial charge in [-0.1, -0.05) is 87.3 Å². The normalized spacial score (nSPS) is 17.7. The van der Waals surface area contributed by atoms with E-state index in [1.54, 1.807) is 71.1 Å². The zero-order valence-corrected chi connectivity index (χ0v) is 58.9. The minimum Gasteiger partial charge on any atom is -0.429 e. The molecule has 0 radical (unpaired) electrons. The maximum atomic E-state index is 15.0. The summed E-state index contributed by atoms with van der Waals surface area (Å²) in [5.41, 5.74) is 6.19. The van der Waals surface area contributed by atoms with Crippen molar-refractivity contribution in [3.8, 4) is 0 Å². The number of unbranched alkanes of at least 4 members (excludes halogenated alkanes) is 2. The van der Waals surface area contributed by atoms with E-state index >= 15 is 4.79 Å². The number of nitrogens with one attached hydrogen (secondary N) is 6. The number of anilines is 1. The molecule has 8 N–H and O–H groups in total. The molecule has 11 amide bonds. The molecule has 28 heteroatoms. The molecule has 2 aromatic rings. The lowest BCUT2D eigenvalue weighted by atomic mass is 9.89. The van der Waals surface area contributed by atoms with Crippen molar-refractivity contribution in [2.45, 2.75) is 194 Å². The molecule has 0 spiro atoms. The van der Waals surface area contributed by atoms with Crippen molar-refractivity contribution >= 4 is 76.8 Å². The van der Waals surface area contributed by atoms with Crippen molar-refractivity contribution in [2.24, 2.45) is 35.3 Å². The van der Waals surface area contributed by atoms with Crippen molar-refractivity contribution in [3.05, 3.63) is 77.6 Å². The van der Waals surface area contributed by atoms with Crippen LogP contribution in [-0.4, -0.2) is 206 Å². The summed E-state index contributed by atoms with van der Waals surface area (Å²) < 4.78 is 37.3. The number of hydrogen-bond acceptors (Lipinski definition) is 17. The average Bonchev–Trinajstić information content (AvgIpc) is 1.69. The van der Waals surface area contributed by atoms with Crippen LogP contribution in [0.2, 0.25) is 0 Å². The molecule has 1 fully saturated rings. The molecular formula is C69H104FN11O16. The minimum atomic E-state index is -1.14. The summed E-state index contributed by atoms with van der Waals surface area (Å²) in [4.78, 5) is 166. The zero-order valence-electron chi connectivity index (χ0n) is 58.9. The number of primary amides is 1. The number of ketones is 1. The lowest BCUT2D eigenvalue weighted by molar-refractivity contribution is -0.148. The Balaban J connectivity index is 1.51. The number of methoxy groups -OCH3 is 2. The Hall–Kier alpha value is -8.37. The van der Waals surface area contributed by atoms with Crippen molar-refractivity contribution in [2.75, 3.05) is 60.3 Å². The smallest absolute Gasteiger partial charge is 0.429 e. The average molecular weight is 1360 g/mol. The molecule has 0 aromatic heterocycles. The molecule has 2 aliphatic heterocycles. The van der Waals surface area contributed by atoms with Gasteiger partial charge in [0.1, 0.15) is 36.7 Å². The molecule has 4 rings (SSSR count). The van der Waals surface area contributed by atoms with Crippen molar-refractivity contribution in [3.63, 3.8) is 0 Å². The predicted molar refractivity (Wildman–Crippen MR) is 359 cm³/mol. The molecule has 538 valence electrons. The number of nitrogens with two attached hydrogens (primary N) is 1. The molecule has 0 aliphatic carbocycles. The van der Waals surface area contributed by atoms with Crippen LogP contribution < -0.4 is 37.6 Å². The van der Waals surface area contributed by atoms with Crippen LogP contribution in [0, 0.1) is 35.4 Å². The second kappa shape index (κ2) is 39.1. The first-order valence-electron chi connectivity index (χ1n) is 33.3. The molecule has 12 atom stereocenters. The number of ether oxygens (including phenoxy) is 4. The van der Waals surface area contributed by atoms with Crippen molar-refractivity contribution in [1.29, 1.82) is 0 Å². The standard InChI is InChI=1S/C69H104FN11O16/c1-16-42(8)60(79(13)67(91)58(40(4)5)77-66(90)59(41(6)7)78(11)12)52(94-14)36-56(85)81-37-49(35-51(81)62(95-15)43(9)63(87)73-44(10)61(86)46-25-27-47(70)28-26-46)97-69(93)96-38-45-23-29-48(30-24-45)74-64(88)50(21-20-33-72-68(71)92)75-65(89)57(39(2)3)76-53(82)22-18-17-19-34-80-54(83)31-32-55(80)84/h23-32,39-44,49-52,57-60,62H,16-22,33-38H2,1-15H3,(H,73,87)(H,74,88)(H,75,89)(H,76,82)(H,77,90)(H3,71,72,92)/t42-,43+,44-,49-,50?,51-,52+,57-,58-,59-,60?,62+/m0/s1. The number of likely N-dealkylation sites (tertiary alicyclic amines) is 1. The summed E-state index contributed by atoms with van der Waals surface area (Å²) in [7, 11) is 8.02. The van der Waals surface area contributed by atoms with E-state index < -0.39 is 126 Å². The highest BCUT2D eigenvalue weighted by Gasteiger charge is 2.47. The molecule has 2 unspecified atom stereocenters. The van der Waals surface area contributed by atoms with Gasteiger partial charge in [-0.2, -0.15) is 0 Å². The molecule has 0 saturated carbocycles. The maximum Gasteiger partial charge on any atom is 0.508 e. The fourth-order valence-corrected chi connectivity index (χ4v) is 12.2. The molecular weight excluding hydrogens is 1260 g/mol. The van der Waals surface area contributed by atoms with Gasteiger partial charge in [-0.25, -0.2) is 14.0 Å². The lowest BCUT2D eigenvalue weighted by Crippen LogP contribution is -2.59. The third-order valence-electron chi connectivity index (χ3n) is 17.7. The number of carbonyl (C=O) groups is 12. The van der Waals surface area contributed by atoms with E-state index in [1.165, 1.54) is 55.2 Å². The van der Waals surface area contributed by atoms with E-state index in [4.69, 9.17) is 24.7 Å². The number of rotatable bonds is 39. The van der Waals surface area contributed by atoms with Gasteiger partial charge < -0.3 is 66.4 Å². The molecule has 2 heterocycles. The molecule has 0 bridgehead atoms. The van der Waals surface area contributed by atoms with Gasteiger partial charge in [0.15, 0.2) is 5.78 Å². The first-order valence-corrected chi connectivity index (χ1v) is 33.3. The summed E-state index contributed by atoms with van der Waals surface area (Å²) in [6.45, 7) is 17.7. The van der Waals surface area contributed by atoms with Crippen LogP contribution >= 0.6 is 0 Å². The number of amides is 11. The summed E-state index contributed by atoms with van der Waals surface area (Å²) in [6, 6.07) is 4.06. The molecule has 1 saturated heterocycles. The van der Waals surface area contributed by atoms with E-state index in [-0.39, 0.29) is 105 Å². The summed E-state index contributed by atoms with van der Waals surface area (Å²) >= 11 is 0. The van der Waals surface area contributed by atoms with Crippen LogP contribution in [0.1, 0.15) is 143 Å². The highest BCUT2D eigenvalue weighted by molar-refractivity contribution is 6.13. The van der Waals surface area contributed by atoms with Crippen LogP contribution in [0.4, 0.5) is 19.7 Å². The Bertz CT molecular complexity index is 3030. The van der Waals surface area contributed by atoms with Crippen LogP contribution in [-0.2, 0) is 68.7 Å². The van der Waals surface area contributed by atoms with Gasteiger partial charge in [0.25, 0.3) is 11.8 Å². The number of carbonyl (C=O) groups excluding carboxylic acids is 12. The molecule has 97 heavy (non-hydrogen) atoms.